The molecule has 0 atom stereocenters. The summed E-state index contributed by atoms with van der Waals surface area (Å²) >= 11 is 0. The number of halogens is 1. The molecule has 0 aliphatic rings. The molecule has 2 aromatic rings. The van der Waals surface area contributed by atoms with Crippen molar-refractivity contribution in [2.24, 2.45) is 0 Å². The average molecular weight is 230 g/mol. The number of aryl methyl sites for hydroxylation is 1. The van der Waals surface area contributed by atoms with Gasteiger partial charge in [-0.25, -0.2) is 4.39 Å². The Balaban J connectivity index is 2.59. The maximum Gasteiger partial charge on any atom is 0.150 e. The van der Waals surface area contributed by atoms with E-state index in [0.717, 1.165) is 5.69 Å². The average Bonchev–Trinajstić information content (AvgIpc) is 2.37. The van der Waals surface area contributed by atoms with Gasteiger partial charge in [-0.3, -0.25) is 14.8 Å². The molecular formula is C13H11FN2O. The van der Waals surface area contributed by atoms with E-state index >= 15 is 0 Å². The van der Waals surface area contributed by atoms with Crippen molar-refractivity contribution in [3.63, 3.8) is 0 Å². The summed E-state index contributed by atoms with van der Waals surface area (Å²) in [6, 6.07) is 4.16. The first kappa shape index (κ1) is 11.4. The second kappa shape index (κ2) is 4.82. The van der Waals surface area contributed by atoms with Gasteiger partial charge >= 0.3 is 0 Å². The molecule has 0 amide bonds. The SMILES string of the molecule is CCc1nccnc1-c1cc(F)cc(C=O)c1. The van der Waals surface area contributed by atoms with Gasteiger partial charge in [-0.2, -0.15) is 0 Å². The highest BCUT2D eigenvalue weighted by atomic mass is 19.1. The Morgan fingerprint density at radius 1 is 1.24 bits per heavy atom. The molecule has 0 N–H and O–H groups in total. The summed E-state index contributed by atoms with van der Waals surface area (Å²) in [6.07, 6.45) is 4.48. The minimum absolute atomic E-state index is 0.299. The first-order chi connectivity index (χ1) is 8.24. The molecule has 3 nitrogen and oxygen atoms in total. The number of carbonyl (C=O) groups is 1. The van der Waals surface area contributed by atoms with Crippen molar-refractivity contribution in [3.05, 3.63) is 47.7 Å². The zero-order chi connectivity index (χ0) is 12.3. The summed E-state index contributed by atoms with van der Waals surface area (Å²) in [5.74, 6) is -0.447. The third kappa shape index (κ3) is 2.36. The zero-order valence-electron chi connectivity index (χ0n) is 9.35. The molecule has 0 fully saturated rings. The number of rotatable bonds is 3. The molecule has 1 aromatic heterocycles. The number of benzene rings is 1. The molecule has 0 unspecified atom stereocenters. The fourth-order valence-electron chi connectivity index (χ4n) is 1.68. The Kier molecular flexibility index (Phi) is 3.23. The monoisotopic (exact) mass is 230 g/mol. The number of aromatic nitrogens is 2. The molecule has 2 rings (SSSR count). The van der Waals surface area contributed by atoms with E-state index in [1.165, 1.54) is 12.1 Å². The van der Waals surface area contributed by atoms with Gasteiger partial charge in [0.05, 0.1) is 11.4 Å². The van der Waals surface area contributed by atoms with E-state index in [0.29, 0.717) is 29.5 Å². The van der Waals surface area contributed by atoms with Crippen molar-refractivity contribution in [1.29, 1.82) is 0 Å². The van der Waals surface area contributed by atoms with E-state index in [9.17, 15) is 9.18 Å². The van der Waals surface area contributed by atoms with Crippen LogP contribution in [0.25, 0.3) is 11.3 Å². The van der Waals surface area contributed by atoms with Crippen molar-refractivity contribution < 1.29 is 9.18 Å². The predicted molar refractivity (Wildman–Crippen MR) is 62.2 cm³/mol. The van der Waals surface area contributed by atoms with E-state index < -0.39 is 5.82 Å². The van der Waals surface area contributed by atoms with E-state index in [-0.39, 0.29) is 0 Å². The van der Waals surface area contributed by atoms with Gasteiger partial charge in [0.15, 0.2) is 0 Å². The molecule has 0 saturated heterocycles. The van der Waals surface area contributed by atoms with Crippen molar-refractivity contribution in [2.45, 2.75) is 13.3 Å². The number of nitrogens with zero attached hydrogens (tertiary/aromatic N) is 2. The largest absolute Gasteiger partial charge is 0.298 e. The molecule has 0 aliphatic carbocycles. The van der Waals surface area contributed by atoms with Gasteiger partial charge in [0.2, 0.25) is 0 Å². The Bertz CT molecular complexity index is 555. The van der Waals surface area contributed by atoms with Gasteiger partial charge in [0.25, 0.3) is 0 Å². The highest BCUT2D eigenvalue weighted by Crippen LogP contribution is 2.22. The fourth-order valence-corrected chi connectivity index (χ4v) is 1.68. The van der Waals surface area contributed by atoms with Crippen LogP contribution in [0.5, 0.6) is 0 Å². The van der Waals surface area contributed by atoms with Gasteiger partial charge in [-0.1, -0.05) is 6.92 Å². The molecule has 0 spiro atoms. The standard InChI is InChI=1S/C13H11FN2O/c1-2-12-13(16-4-3-15-12)10-5-9(8-17)6-11(14)7-10/h3-8H,2H2,1H3. The van der Waals surface area contributed by atoms with E-state index in [1.807, 2.05) is 6.92 Å². The van der Waals surface area contributed by atoms with Gasteiger partial charge < -0.3 is 0 Å². The molecule has 86 valence electrons. The van der Waals surface area contributed by atoms with Gasteiger partial charge in [0.1, 0.15) is 12.1 Å². The van der Waals surface area contributed by atoms with Crippen LogP contribution in [-0.4, -0.2) is 16.3 Å². The van der Waals surface area contributed by atoms with Crippen molar-refractivity contribution in [3.8, 4) is 11.3 Å². The van der Waals surface area contributed by atoms with E-state index in [4.69, 9.17) is 0 Å². The molecular weight excluding hydrogens is 219 g/mol. The number of carbonyl (C=O) groups excluding carboxylic acids is 1. The highest BCUT2D eigenvalue weighted by Gasteiger charge is 2.08. The molecule has 0 aliphatic heterocycles. The Hall–Kier alpha value is -2.10. The predicted octanol–water partition coefficient (Wildman–Crippen LogP) is 2.66. The first-order valence-corrected chi connectivity index (χ1v) is 5.30. The smallest absolute Gasteiger partial charge is 0.150 e. The maximum absolute atomic E-state index is 13.3. The summed E-state index contributed by atoms with van der Waals surface area (Å²) < 4.78 is 13.3. The molecule has 17 heavy (non-hydrogen) atoms. The maximum atomic E-state index is 13.3. The highest BCUT2D eigenvalue weighted by molar-refractivity contribution is 5.78. The first-order valence-electron chi connectivity index (χ1n) is 5.30. The lowest BCUT2D eigenvalue weighted by Gasteiger charge is -2.06. The van der Waals surface area contributed by atoms with Gasteiger partial charge in [-0.15, -0.1) is 0 Å². The summed E-state index contributed by atoms with van der Waals surface area (Å²) in [5, 5.41) is 0. The van der Waals surface area contributed by atoms with Crippen LogP contribution in [0.15, 0.2) is 30.6 Å². The molecule has 4 heteroatoms. The van der Waals surface area contributed by atoms with Crippen molar-refractivity contribution >= 4 is 6.29 Å². The Morgan fingerprint density at radius 3 is 2.71 bits per heavy atom. The lowest BCUT2D eigenvalue weighted by Crippen LogP contribution is -1.96. The molecule has 0 saturated carbocycles. The number of aldehydes is 1. The van der Waals surface area contributed by atoms with E-state index in [2.05, 4.69) is 9.97 Å². The third-order valence-corrected chi connectivity index (χ3v) is 2.44. The molecule has 0 radical (unpaired) electrons. The third-order valence-electron chi connectivity index (χ3n) is 2.44. The lowest BCUT2D eigenvalue weighted by molar-refractivity contribution is 0.112. The fraction of sp³-hybridized carbons (Fsp3) is 0.154. The molecule has 1 aromatic carbocycles. The van der Waals surface area contributed by atoms with Crippen LogP contribution in [0.4, 0.5) is 4.39 Å². The van der Waals surface area contributed by atoms with Crippen LogP contribution >= 0.6 is 0 Å². The zero-order valence-corrected chi connectivity index (χ0v) is 9.35. The van der Waals surface area contributed by atoms with Crippen LogP contribution in [0.2, 0.25) is 0 Å². The topological polar surface area (TPSA) is 42.9 Å². The normalized spacial score (nSPS) is 10.2. The molecule has 0 bridgehead atoms. The minimum atomic E-state index is -0.447. The van der Waals surface area contributed by atoms with Gasteiger partial charge in [0, 0.05) is 23.5 Å². The van der Waals surface area contributed by atoms with Crippen LogP contribution in [0.1, 0.15) is 23.0 Å². The Morgan fingerprint density at radius 2 is 2.00 bits per heavy atom. The summed E-state index contributed by atoms with van der Waals surface area (Å²) in [5.41, 5.74) is 2.29. The van der Waals surface area contributed by atoms with Crippen LogP contribution in [-0.2, 0) is 6.42 Å². The van der Waals surface area contributed by atoms with Crippen LogP contribution in [0.3, 0.4) is 0 Å². The van der Waals surface area contributed by atoms with Crippen molar-refractivity contribution in [1.82, 2.24) is 9.97 Å². The quantitative estimate of drug-likeness (QED) is 0.761. The second-order valence-corrected chi connectivity index (χ2v) is 3.60. The summed E-state index contributed by atoms with van der Waals surface area (Å²) in [7, 11) is 0. The van der Waals surface area contributed by atoms with Gasteiger partial charge in [-0.05, 0) is 24.6 Å². The lowest BCUT2D eigenvalue weighted by atomic mass is 10.1. The number of hydrogen-bond acceptors (Lipinski definition) is 3. The Labute approximate surface area is 98.3 Å². The minimum Gasteiger partial charge on any atom is -0.298 e. The van der Waals surface area contributed by atoms with Crippen LogP contribution < -0.4 is 0 Å². The van der Waals surface area contributed by atoms with E-state index in [1.54, 1.807) is 18.5 Å². The number of hydrogen-bond donors (Lipinski definition) is 0. The summed E-state index contributed by atoms with van der Waals surface area (Å²) in [6.45, 7) is 1.95. The van der Waals surface area contributed by atoms with Crippen LogP contribution in [0, 0.1) is 5.82 Å². The van der Waals surface area contributed by atoms with Crippen molar-refractivity contribution in [2.75, 3.05) is 0 Å². The second-order valence-electron chi connectivity index (χ2n) is 3.60. The summed E-state index contributed by atoms with van der Waals surface area (Å²) in [4.78, 5) is 19.1. The molecule has 1 heterocycles.